The predicted octanol–water partition coefficient (Wildman–Crippen LogP) is 4.35. The van der Waals surface area contributed by atoms with Crippen LogP contribution in [0.1, 0.15) is 29.3 Å². The van der Waals surface area contributed by atoms with Crippen molar-refractivity contribution in [2.45, 2.75) is 27.3 Å². The second-order valence-electron chi connectivity index (χ2n) is 6.86. The molecule has 0 amide bonds. The number of rotatable bonds is 3. The highest BCUT2D eigenvalue weighted by molar-refractivity contribution is 6.09. The zero-order chi connectivity index (χ0) is 19.8. The molecule has 4 rings (SSSR count). The molecule has 2 aromatic heterocycles. The molecule has 0 aliphatic heterocycles. The van der Waals surface area contributed by atoms with Crippen molar-refractivity contribution in [2.75, 3.05) is 0 Å². The lowest BCUT2D eigenvalue weighted by Gasteiger charge is -2.06. The molecular weight excluding hydrogens is 348 g/mol. The summed E-state index contributed by atoms with van der Waals surface area (Å²) in [5.41, 5.74) is 4.39. The van der Waals surface area contributed by atoms with Gasteiger partial charge in [0.15, 0.2) is 0 Å². The van der Waals surface area contributed by atoms with Crippen molar-refractivity contribution < 1.29 is 0 Å². The lowest BCUT2D eigenvalue weighted by Crippen LogP contribution is -2.22. The summed E-state index contributed by atoms with van der Waals surface area (Å²) in [6.45, 7) is 6.61. The first-order valence-corrected chi connectivity index (χ1v) is 9.24. The highest BCUT2D eigenvalue weighted by Crippen LogP contribution is 2.29. The summed E-state index contributed by atoms with van der Waals surface area (Å²) < 4.78 is 3.57. The summed E-state index contributed by atoms with van der Waals surface area (Å²) in [6.07, 6.45) is 1.67. The third-order valence-corrected chi connectivity index (χ3v) is 5.11. The third kappa shape index (κ3) is 2.71. The maximum atomic E-state index is 12.5. The van der Waals surface area contributed by atoms with Crippen LogP contribution >= 0.6 is 0 Å². The number of fused-ring (bicyclic) bond motifs is 3. The summed E-state index contributed by atoms with van der Waals surface area (Å²) >= 11 is 0. The Bertz CT molecular complexity index is 1350. The average molecular weight is 368 g/mol. The highest BCUT2D eigenvalue weighted by atomic mass is 16.1. The van der Waals surface area contributed by atoms with Gasteiger partial charge in [-0.25, -0.2) is 4.68 Å². The fraction of sp³-hybridized carbons (Fsp3) is 0.174. The molecule has 0 radical (unpaired) electrons. The summed E-state index contributed by atoms with van der Waals surface area (Å²) in [5.74, 6) is 0. The molecule has 0 spiro atoms. The number of benzene rings is 2. The molecule has 2 aromatic carbocycles. The van der Waals surface area contributed by atoms with E-state index in [1.165, 1.54) is 21.1 Å². The number of aryl methyl sites for hydroxylation is 3. The van der Waals surface area contributed by atoms with E-state index in [0.717, 1.165) is 17.5 Å². The first kappa shape index (κ1) is 17.7. The van der Waals surface area contributed by atoms with Gasteiger partial charge in [0.1, 0.15) is 11.6 Å². The second kappa shape index (κ2) is 6.82. The molecule has 0 atom stereocenters. The molecule has 0 aliphatic carbocycles. The number of para-hydroxylation sites is 1. The molecule has 5 heteroatoms. The quantitative estimate of drug-likeness (QED) is 0.505. The van der Waals surface area contributed by atoms with Crippen LogP contribution in [0.2, 0.25) is 0 Å². The SMILES string of the molecule is CCn1c2ccccc2c2cc(C=Nn3c(C)cc(C)c(C#N)c3=O)ccc21. The number of hydrogen-bond donors (Lipinski definition) is 0. The van der Waals surface area contributed by atoms with Gasteiger partial charge in [-0.15, -0.1) is 0 Å². The van der Waals surface area contributed by atoms with E-state index >= 15 is 0 Å². The van der Waals surface area contributed by atoms with Crippen molar-refractivity contribution in [3.8, 4) is 6.07 Å². The number of pyridine rings is 1. The van der Waals surface area contributed by atoms with Crippen LogP contribution in [0.25, 0.3) is 21.8 Å². The fourth-order valence-corrected chi connectivity index (χ4v) is 3.78. The van der Waals surface area contributed by atoms with Crippen LogP contribution in [0.15, 0.2) is 58.4 Å². The van der Waals surface area contributed by atoms with Crippen LogP contribution in [0, 0.1) is 25.2 Å². The monoisotopic (exact) mass is 368 g/mol. The summed E-state index contributed by atoms with van der Waals surface area (Å²) in [5, 5.41) is 15.9. The number of hydrogen-bond acceptors (Lipinski definition) is 3. The Hall–Kier alpha value is -3.65. The Kier molecular flexibility index (Phi) is 4.32. The predicted molar refractivity (Wildman–Crippen MR) is 113 cm³/mol. The van der Waals surface area contributed by atoms with Gasteiger partial charge in [-0.3, -0.25) is 4.79 Å². The molecule has 0 saturated carbocycles. The van der Waals surface area contributed by atoms with Crippen molar-refractivity contribution >= 4 is 28.0 Å². The second-order valence-corrected chi connectivity index (χ2v) is 6.86. The molecule has 0 unspecified atom stereocenters. The lowest BCUT2D eigenvalue weighted by atomic mass is 10.1. The zero-order valence-electron chi connectivity index (χ0n) is 16.1. The van der Waals surface area contributed by atoms with Crippen LogP contribution in [0.3, 0.4) is 0 Å². The maximum Gasteiger partial charge on any atom is 0.289 e. The Morgan fingerprint density at radius 3 is 2.57 bits per heavy atom. The van der Waals surface area contributed by atoms with Crippen LogP contribution in [0.5, 0.6) is 0 Å². The van der Waals surface area contributed by atoms with E-state index in [1.54, 1.807) is 19.2 Å². The van der Waals surface area contributed by atoms with E-state index in [0.29, 0.717) is 11.3 Å². The van der Waals surface area contributed by atoms with Crippen LogP contribution in [0.4, 0.5) is 0 Å². The van der Waals surface area contributed by atoms with E-state index in [1.807, 2.05) is 25.1 Å². The van der Waals surface area contributed by atoms with Crippen molar-refractivity contribution in [3.63, 3.8) is 0 Å². The summed E-state index contributed by atoms with van der Waals surface area (Å²) in [7, 11) is 0. The van der Waals surface area contributed by atoms with Gasteiger partial charge in [0.05, 0.1) is 6.21 Å². The molecule has 4 aromatic rings. The Morgan fingerprint density at radius 1 is 1.07 bits per heavy atom. The van der Waals surface area contributed by atoms with Gasteiger partial charge < -0.3 is 4.57 Å². The molecule has 0 bridgehead atoms. The molecule has 0 fully saturated rings. The molecule has 0 N–H and O–H groups in total. The summed E-state index contributed by atoms with van der Waals surface area (Å²) in [6, 6.07) is 18.3. The molecule has 0 aliphatic rings. The van der Waals surface area contributed by atoms with E-state index < -0.39 is 0 Å². The molecule has 5 nitrogen and oxygen atoms in total. The first-order chi connectivity index (χ1) is 13.5. The molecule has 138 valence electrons. The largest absolute Gasteiger partial charge is 0.341 e. The van der Waals surface area contributed by atoms with Gasteiger partial charge in [0.25, 0.3) is 5.56 Å². The van der Waals surface area contributed by atoms with Gasteiger partial charge in [0, 0.05) is 34.0 Å². The van der Waals surface area contributed by atoms with Gasteiger partial charge in [0.2, 0.25) is 0 Å². The molecule has 2 heterocycles. The smallest absolute Gasteiger partial charge is 0.289 e. The van der Waals surface area contributed by atoms with Crippen molar-refractivity contribution in [1.82, 2.24) is 9.24 Å². The Balaban J connectivity index is 1.85. The van der Waals surface area contributed by atoms with Crippen molar-refractivity contribution in [3.05, 3.63) is 81.3 Å². The van der Waals surface area contributed by atoms with E-state index in [9.17, 15) is 10.1 Å². The van der Waals surface area contributed by atoms with Gasteiger partial charge in [-0.1, -0.05) is 24.3 Å². The Morgan fingerprint density at radius 2 is 1.82 bits per heavy atom. The maximum absolute atomic E-state index is 12.5. The Labute approximate surface area is 162 Å². The van der Waals surface area contributed by atoms with Crippen LogP contribution in [-0.4, -0.2) is 15.5 Å². The number of nitriles is 1. The van der Waals surface area contributed by atoms with E-state index in [-0.39, 0.29) is 11.1 Å². The number of aromatic nitrogens is 2. The van der Waals surface area contributed by atoms with Gasteiger partial charge in [-0.05, 0) is 56.2 Å². The molecule has 28 heavy (non-hydrogen) atoms. The summed E-state index contributed by atoms with van der Waals surface area (Å²) in [4.78, 5) is 12.5. The van der Waals surface area contributed by atoms with E-state index in [2.05, 4.69) is 46.9 Å². The topological polar surface area (TPSA) is 63.1 Å². The third-order valence-electron chi connectivity index (χ3n) is 5.11. The van der Waals surface area contributed by atoms with Gasteiger partial charge in [-0.2, -0.15) is 10.4 Å². The van der Waals surface area contributed by atoms with Gasteiger partial charge >= 0.3 is 0 Å². The molecule has 0 saturated heterocycles. The highest BCUT2D eigenvalue weighted by Gasteiger charge is 2.10. The van der Waals surface area contributed by atoms with Crippen molar-refractivity contribution in [2.24, 2.45) is 5.10 Å². The average Bonchev–Trinajstić information content (AvgIpc) is 3.01. The minimum absolute atomic E-state index is 0.129. The first-order valence-electron chi connectivity index (χ1n) is 9.24. The fourth-order valence-electron chi connectivity index (χ4n) is 3.78. The minimum Gasteiger partial charge on any atom is -0.341 e. The molecular formula is C23H20N4O. The minimum atomic E-state index is -0.389. The zero-order valence-corrected chi connectivity index (χ0v) is 16.1. The standard InChI is InChI=1S/C23H20N4O/c1-4-26-21-8-6-5-7-18(21)19-12-17(9-10-22(19)26)14-25-27-16(3)11-15(2)20(13-24)23(27)28/h5-12,14H,4H2,1-3H3. The van der Waals surface area contributed by atoms with Crippen molar-refractivity contribution in [1.29, 1.82) is 5.26 Å². The lowest BCUT2D eigenvalue weighted by molar-refractivity contribution is 0.786. The number of nitrogens with zero attached hydrogens (tertiary/aromatic N) is 4. The van der Waals surface area contributed by atoms with Crippen LogP contribution < -0.4 is 5.56 Å². The van der Waals surface area contributed by atoms with Crippen LogP contribution in [-0.2, 0) is 6.54 Å². The van der Waals surface area contributed by atoms with E-state index in [4.69, 9.17) is 0 Å². The normalized spacial score (nSPS) is 11.5.